The zero-order valence-corrected chi connectivity index (χ0v) is 13.8. The molecule has 0 bridgehead atoms. The molecule has 0 saturated carbocycles. The van der Waals surface area contributed by atoms with Crippen molar-refractivity contribution in [1.29, 1.82) is 0 Å². The third kappa shape index (κ3) is 3.02. The first-order valence-corrected chi connectivity index (χ1v) is 7.56. The predicted molar refractivity (Wildman–Crippen MR) is 90.0 cm³/mol. The van der Waals surface area contributed by atoms with Gasteiger partial charge < -0.3 is 13.9 Å². The van der Waals surface area contributed by atoms with E-state index in [0.29, 0.717) is 6.61 Å². The van der Waals surface area contributed by atoms with E-state index in [1.165, 1.54) is 11.1 Å². The van der Waals surface area contributed by atoms with Gasteiger partial charge in [0.15, 0.2) is 0 Å². The van der Waals surface area contributed by atoms with Crippen LogP contribution in [0.2, 0.25) is 0 Å². The highest BCUT2D eigenvalue weighted by atomic mass is 35.5. The zero-order valence-electron chi connectivity index (χ0n) is 13.0. The topological polar surface area (TPSA) is 44.9 Å². The fraction of sp³-hybridized carbons (Fsp3) is 0.294. The van der Waals surface area contributed by atoms with Gasteiger partial charge in [0.05, 0.1) is 31.8 Å². The number of halogens is 1. The molecule has 120 valence electrons. The molecule has 5 nitrogen and oxygen atoms in total. The highest BCUT2D eigenvalue weighted by molar-refractivity contribution is 5.85. The quantitative estimate of drug-likeness (QED) is 0.738. The molecule has 0 fully saturated rings. The second-order valence-electron chi connectivity index (χ2n) is 5.54. The van der Waals surface area contributed by atoms with Gasteiger partial charge in [-0.2, -0.15) is 0 Å². The summed E-state index contributed by atoms with van der Waals surface area (Å²) in [5, 5.41) is 0. The van der Waals surface area contributed by atoms with Crippen LogP contribution in [0.5, 0.6) is 0 Å². The van der Waals surface area contributed by atoms with E-state index in [1.54, 1.807) is 0 Å². The number of aryl methyl sites for hydroxylation is 1. The van der Waals surface area contributed by atoms with Crippen molar-refractivity contribution in [2.24, 2.45) is 0 Å². The lowest BCUT2D eigenvalue weighted by Gasteiger charge is -2.05. The van der Waals surface area contributed by atoms with Crippen LogP contribution in [-0.2, 0) is 30.9 Å². The number of ether oxygens (including phenoxy) is 1. The number of aromatic nitrogens is 4. The van der Waals surface area contributed by atoms with Crippen LogP contribution < -0.4 is 0 Å². The van der Waals surface area contributed by atoms with Gasteiger partial charge in [-0.3, -0.25) is 0 Å². The molecule has 6 heteroatoms. The smallest absolute Gasteiger partial charge is 0.108 e. The third-order valence-corrected chi connectivity index (χ3v) is 4.09. The summed E-state index contributed by atoms with van der Waals surface area (Å²) >= 11 is 0. The first-order valence-electron chi connectivity index (χ1n) is 7.56. The molecular formula is C17H19ClN4O. The number of hydrogen-bond acceptors (Lipinski definition) is 3. The molecule has 3 aromatic rings. The number of benzene rings is 1. The first kappa shape index (κ1) is 15.8. The SMILES string of the molecule is CCc1nccn1Cc1cn(-c2ccc3c(c2)COC3)cn1.Cl. The molecule has 0 unspecified atom stereocenters. The summed E-state index contributed by atoms with van der Waals surface area (Å²) < 4.78 is 9.68. The van der Waals surface area contributed by atoms with Crippen LogP contribution in [0.25, 0.3) is 5.69 Å². The maximum absolute atomic E-state index is 5.47. The van der Waals surface area contributed by atoms with Gasteiger partial charge in [0.25, 0.3) is 0 Å². The minimum absolute atomic E-state index is 0. The van der Waals surface area contributed by atoms with Crippen LogP contribution in [0.1, 0.15) is 29.6 Å². The summed E-state index contributed by atoms with van der Waals surface area (Å²) in [7, 11) is 0. The lowest BCUT2D eigenvalue weighted by molar-refractivity contribution is 0.134. The molecule has 0 amide bonds. The van der Waals surface area contributed by atoms with Gasteiger partial charge in [-0.1, -0.05) is 13.0 Å². The van der Waals surface area contributed by atoms with Gasteiger partial charge >= 0.3 is 0 Å². The molecule has 23 heavy (non-hydrogen) atoms. The lowest BCUT2D eigenvalue weighted by atomic mass is 10.1. The highest BCUT2D eigenvalue weighted by Gasteiger charge is 2.12. The summed E-state index contributed by atoms with van der Waals surface area (Å²) in [6, 6.07) is 6.44. The van der Waals surface area contributed by atoms with E-state index < -0.39 is 0 Å². The Morgan fingerprint density at radius 2 is 2.04 bits per heavy atom. The van der Waals surface area contributed by atoms with Crippen LogP contribution >= 0.6 is 12.4 Å². The van der Waals surface area contributed by atoms with E-state index in [-0.39, 0.29) is 12.4 Å². The Morgan fingerprint density at radius 3 is 2.91 bits per heavy atom. The van der Waals surface area contributed by atoms with Crippen molar-refractivity contribution in [2.75, 3.05) is 0 Å². The molecule has 0 spiro atoms. The van der Waals surface area contributed by atoms with E-state index >= 15 is 0 Å². The Labute approximate surface area is 141 Å². The maximum Gasteiger partial charge on any atom is 0.108 e. The van der Waals surface area contributed by atoms with Crippen LogP contribution in [0.15, 0.2) is 43.1 Å². The number of hydrogen-bond donors (Lipinski definition) is 0. The van der Waals surface area contributed by atoms with E-state index in [9.17, 15) is 0 Å². The van der Waals surface area contributed by atoms with E-state index in [1.807, 2.05) is 18.7 Å². The van der Waals surface area contributed by atoms with Crippen molar-refractivity contribution in [2.45, 2.75) is 33.1 Å². The van der Waals surface area contributed by atoms with Crippen molar-refractivity contribution in [3.8, 4) is 5.69 Å². The third-order valence-electron chi connectivity index (χ3n) is 4.09. The molecule has 2 aromatic heterocycles. The van der Waals surface area contributed by atoms with Crippen molar-refractivity contribution in [3.63, 3.8) is 0 Å². The molecule has 4 rings (SSSR count). The second-order valence-corrected chi connectivity index (χ2v) is 5.54. The monoisotopic (exact) mass is 330 g/mol. The molecule has 1 aliphatic heterocycles. The number of rotatable bonds is 4. The largest absolute Gasteiger partial charge is 0.372 e. The fourth-order valence-electron chi connectivity index (χ4n) is 2.88. The standard InChI is InChI=1S/C17H18N4O.ClH/c1-2-17-18-5-6-20(17)8-15-9-21(12-19-15)16-4-3-13-10-22-11-14(13)7-16;/h3-7,9,12H,2,8,10-11H2,1H3;1H. The average molecular weight is 331 g/mol. The highest BCUT2D eigenvalue weighted by Crippen LogP contribution is 2.22. The van der Waals surface area contributed by atoms with Gasteiger partial charge in [0.2, 0.25) is 0 Å². The Bertz CT molecular complexity index is 809. The zero-order chi connectivity index (χ0) is 14.9. The molecule has 0 atom stereocenters. The molecule has 1 aromatic carbocycles. The summed E-state index contributed by atoms with van der Waals surface area (Å²) in [5.74, 6) is 1.09. The number of nitrogens with zero attached hydrogens (tertiary/aromatic N) is 4. The Hall–Kier alpha value is -2.11. The molecule has 0 N–H and O–H groups in total. The van der Waals surface area contributed by atoms with Crippen LogP contribution in [0, 0.1) is 0 Å². The fourth-order valence-corrected chi connectivity index (χ4v) is 2.88. The molecule has 0 radical (unpaired) electrons. The number of fused-ring (bicyclic) bond motifs is 1. The van der Waals surface area contributed by atoms with E-state index in [2.05, 4.69) is 50.4 Å². The summed E-state index contributed by atoms with van der Waals surface area (Å²) in [4.78, 5) is 8.87. The first-order chi connectivity index (χ1) is 10.8. The van der Waals surface area contributed by atoms with Gasteiger partial charge in [-0.25, -0.2) is 9.97 Å². The summed E-state index contributed by atoms with van der Waals surface area (Å²) in [6.07, 6.45) is 8.73. The van der Waals surface area contributed by atoms with Crippen LogP contribution in [0.3, 0.4) is 0 Å². The van der Waals surface area contributed by atoms with Crippen LogP contribution in [0.4, 0.5) is 0 Å². The van der Waals surface area contributed by atoms with Gasteiger partial charge in [0.1, 0.15) is 5.82 Å². The summed E-state index contributed by atoms with van der Waals surface area (Å²) in [6.45, 7) is 4.30. The normalized spacial score (nSPS) is 12.9. The maximum atomic E-state index is 5.47. The van der Waals surface area contributed by atoms with Crippen molar-refractivity contribution in [3.05, 3.63) is 65.8 Å². The van der Waals surface area contributed by atoms with Gasteiger partial charge in [-0.05, 0) is 23.3 Å². The second kappa shape index (κ2) is 6.56. The Balaban J connectivity index is 0.00000156. The van der Waals surface area contributed by atoms with Gasteiger partial charge in [-0.15, -0.1) is 12.4 Å². The predicted octanol–water partition coefficient (Wildman–Crippen LogP) is 3.13. The molecule has 1 aliphatic rings. The van der Waals surface area contributed by atoms with Gasteiger partial charge in [0, 0.05) is 30.7 Å². The minimum Gasteiger partial charge on any atom is -0.372 e. The Kier molecular flexibility index (Phi) is 4.50. The van der Waals surface area contributed by atoms with E-state index in [0.717, 1.165) is 36.8 Å². The van der Waals surface area contributed by atoms with Crippen molar-refractivity contribution in [1.82, 2.24) is 19.1 Å². The van der Waals surface area contributed by atoms with Crippen molar-refractivity contribution < 1.29 is 4.74 Å². The lowest BCUT2D eigenvalue weighted by Crippen LogP contribution is -2.03. The average Bonchev–Trinajstić information content (AvgIpc) is 3.27. The molecule has 3 heterocycles. The number of imidazole rings is 2. The minimum atomic E-state index is 0. The van der Waals surface area contributed by atoms with Crippen LogP contribution in [-0.4, -0.2) is 19.1 Å². The molecule has 0 aliphatic carbocycles. The summed E-state index contributed by atoms with van der Waals surface area (Å²) in [5.41, 5.74) is 4.72. The van der Waals surface area contributed by atoms with Crippen molar-refractivity contribution >= 4 is 12.4 Å². The Morgan fingerprint density at radius 1 is 1.17 bits per heavy atom. The van der Waals surface area contributed by atoms with E-state index in [4.69, 9.17) is 4.74 Å². The molecule has 0 saturated heterocycles. The molecular weight excluding hydrogens is 312 g/mol.